The Bertz CT molecular complexity index is 1020. The summed E-state index contributed by atoms with van der Waals surface area (Å²) < 4.78 is 10.8. The molecule has 0 saturated heterocycles. The van der Waals surface area contributed by atoms with Gasteiger partial charge in [0.2, 0.25) is 0 Å². The molecule has 0 aromatic heterocycles. The van der Waals surface area contributed by atoms with Gasteiger partial charge < -0.3 is 14.6 Å². The van der Waals surface area contributed by atoms with Crippen LogP contribution in [-0.4, -0.2) is 36.1 Å². The molecule has 7 heteroatoms. The molecule has 32 heavy (non-hydrogen) atoms. The van der Waals surface area contributed by atoms with Crippen molar-refractivity contribution >= 4 is 29.0 Å². The van der Waals surface area contributed by atoms with E-state index in [1.54, 1.807) is 24.3 Å². The fourth-order valence-corrected chi connectivity index (χ4v) is 3.13. The highest BCUT2D eigenvalue weighted by molar-refractivity contribution is 6.44. The van der Waals surface area contributed by atoms with Gasteiger partial charge in [0, 0.05) is 0 Å². The predicted molar refractivity (Wildman–Crippen MR) is 120 cm³/mol. The van der Waals surface area contributed by atoms with Crippen LogP contribution in [0.25, 0.3) is 5.57 Å². The minimum absolute atomic E-state index is 0.0755. The summed E-state index contributed by atoms with van der Waals surface area (Å²) in [7, 11) is 0. The van der Waals surface area contributed by atoms with Crippen LogP contribution >= 0.6 is 0 Å². The van der Waals surface area contributed by atoms with E-state index in [-0.39, 0.29) is 11.3 Å². The first kappa shape index (κ1) is 23.1. The topological polar surface area (TPSA) is 93.1 Å². The van der Waals surface area contributed by atoms with Crippen molar-refractivity contribution < 1.29 is 29.0 Å². The van der Waals surface area contributed by atoms with Gasteiger partial charge in [-0.2, -0.15) is 0 Å². The van der Waals surface area contributed by atoms with Crippen molar-refractivity contribution in [3.63, 3.8) is 0 Å². The lowest BCUT2D eigenvalue weighted by Gasteiger charge is -2.15. The fraction of sp³-hybridized carbons (Fsp3) is 0.320. The van der Waals surface area contributed by atoms with Gasteiger partial charge in [-0.05, 0) is 54.3 Å². The van der Waals surface area contributed by atoms with E-state index in [2.05, 4.69) is 0 Å². The first-order chi connectivity index (χ1) is 15.3. The highest BCUT2D eigenvalue weighted by Crippen LogP contribution is 2.32. The third-order valence-electron chi connectivity index (χ3n) is 4.88. The van der Waals surface area contributed by atoms with E-state index in [1.807, 2.05) is 20.8 Å². The number of hydrogen-bond acceptors (Lipinski definition) is 6. The quantitative estimate of drug-likeness (QED) is 0.352. The molecule has 0 fully saturated rings. The van der Waals surface area contributed by atoms with E-state index in [0.29, 0.717) is 36.0 Å². The number of aliphatic hydroxyl groups excluding tert-OH is 1. The van der Waals surface area contributed by atoms with E-state index in [4.69, 9.17) is 9.47 Å². The van der Waals surface area contributed by atoms with Crippen LogP contribution < -0.4 is 9.64 Å². The number of unbranched alkanes of at least 4 members (excludes halogenated alkanes) is 1. The molecule has 0 radical (unpaired) electrons. The number of imide groups is 1. The van der Waals surface area contributed by atoms with E-state index in [0.717, 1.165) is 17.7 Å². The lowest BCUT2D eigenvalue weighted by atomic mass is 10.1. The van der Waals surface area contributed by atoms with Gasteiger partial charge >= 0.3 is 11.9 Å². The number of ether oxygens (including phenoxy) is 2. The van der Waals surface area contributed by atoms with E-state index < -0.39 is 23.5 Å². The average molecular weight is 437 g/mol. The van der Waals surface area contributed by atoms with Gasteiger partial charge in [0.1, 0.15) is 5.75 Å². The largest absolute Gasteiger partial charge is 0.502 e. The Morgan fingerprint density at radius 2 is 1.66 bits per heavy atom. The zero-order valence-electron chi connectivity index (χ0n) is 18.5. The second-order valence-electron chi connectivity index (χ2n) is 7.93. The van der Waals surface area contributed by atoms with Gasteiger partial charge in [0.15, 0.2) is 5.76 Å². The van der Waals surface area contributed by atoms with Crippen LogP contribution in [0.1, 0.15) is 49.5 Å². The van der Waals surface area contributed by atoms with Crippen LogP contribution in [0.2, 0.25) is 0 Å². The summed E-state index contributed by atoms with van der Waals surface area (Å²) in [5.74, 6) is -1.53. The number of nitrogens with zero attached hydrogens (tertiary/aromatic N) is 1. The number of amides is 2. The summed E-state index contributed by atoms with van der Waals surface area (Å²) >= 11 is 0. The number of carbonyl (C=O) groups is 3. The molecule has 168 valence electrons. The molecule has 2 aromatic rings. The van der Waals surface area contributed by atoms with Crippen molar-refractivity contribution in [2.24, 2.45) is 5.92 Å². The zero-order valence-corrected chi connectivity index (χ0v) is 18.5. The molecule has 1 heterocycles. The lowest BCUT2D eigenvalue weighted by molar-refractivity contribution is -0.121. The molecule has 1 aliphatic heterocycles. The third-order valence-corrected chi connectivity index (χ3v) is 4.88. The van der Waals surface area contributed by atoms with Crippen LogP contribution in [0.15, 0.2) is 54.3 Å². The second-order valence-corrected chi connectivity index (χ2v) is 7.93. The predicted octanol–water partition coefficient (Wildman–Crippen LogP) is 4.52. The van der Waals surface area contributed by atoms with Crippen LogP contribution in [0.5, 0.6) is 5.75 Å². The molecule has 3 rings (SSSR count). The van der Waals surface area contributed by atoms with E-state index in [1.165, 1.54) is 24.3 Å². The number of benzene rings is 2. The molecule has 0 atom stereocenters. The van der Waals surface area contributed by atoms with Crippen LogP contribution in [0.3, 0.4) is 0 Å². The van der Waals surface area contributed by atoms with Crippen molar-refractivity contribution in [3.05, 3.63) is 65.4 Å². The summed E-state index contributed by atoms with van der Waals surface area (Å²) in [5, 5.41) is 10.4. The number of anilines is 1. The smallest absolute Gasteiger partial charge is 0.338 e. The molecular weight excluding hydrogens is 410 g/mol. The average Bonchev–Trinajstić information content (AvgIpc) is 3.01. The Hall–Kier alpha value is -3.61. The Morgan fingerprint density at radius 3 is 2.25 bits per heavy atom. The summed E-state index contributed by atoms with van der Waals surface area (Å²) in [4.78, 5) is 38.5. The first-order valence-corrected chi connectivity index (χ1v) is 10.7. The van der Waals surface area contributed by atoms with Gasteiger partial charge in [-0.15, -0.1) is 0 Å². The van der Waals surface area contributed by atoms with Gasteiger partial charge in [-0.1, -0.05) is 39.3 Å². The molecule has 7 nitrogen and oxygen atoms in total. The number of esters is 1. The monoisotopic (exact) mass is 437 g/mol. The highest BCUT2D eigenvalue weighted by Gasteiger charge is 2.40. The van der Waals surface area contributed by atoms with Crippen molar-refractivity contribution in [1.29, 1.82) is 0 Å². The second kappa shape index (κ2) is 10.1. The molecule has 0 spiro atoms. The van der Waals surface area contributed by atoms with Gasteiger partial charge in [-0.25, -0.2) is 9.69 Å². The minimum atomic E-state index is -0.816. The van der Waals surface area contributed by atoms with Gasteiger partial charge in [0.05, 0.1) is 30.0 Å². The number of rotatable bonds is 9. The Labute approximate surface area is 187 Å². The van der Waals surface area contributed by atoms with Crippen LogP contribution in [0, 0.1) is 5.92 Å². The Morgan fingerprint density at radius 1 is 1.00 bits per heavy atom. The molecule has 1 N–H and O–H groups in total. The summed E-state index contributed by atoms with van der Waals surface area (Å²) in [5.41, 5.74) is 0.909. The SMILES string of the molecule is CCCCOC(=O)c1ccc(N2C(=O)C(O)=C(c3ccc(OCC(C)C)cc3)C2=O)cc1. The number of aliphatic hydroxyl groups is 1. The third kappa shape index (κ3) is 4.99. The highest BCUT2D eigenvalue weighted by atomic mass is 16.5. The summed E-state index contributed by atoms with van der Waals surface area (Å²) in [6.07, 6.45) is 1.69. The molecule has 0 saturated carbocycles. The molecule has 0 bridgehead atoms. The zero-order chi connectivity index (χ0) is 23.3. The Balaban J connectivity index is 1.75. The fourth-order valence-electron chi connectivity index (χ4n) is 3.13. The maximum atomic E-state index is 13.0. The van der Waals surface area contributed by atoms with Crippen molar-refractivity contribution in [3.8, 4) is 5.75 Å². The van der Waals surface area contributed by atoms with Gasteiger partial charge in [-0.3, -0.25) is 9.59 Å². The van der Waals surface area contributed by atoms with Crippen molar-refractivity contribution in [2.45, 2.75) is 33.6 Å². The normalized spacial score (nSPS) is 13.8. The molecule has 0 unspecified atom stereocenters. The number of carbonyl (C=O) groups excluding carboxylic acids is 3. The number of hydrogen-bond donors (Lipinski definition) is 1. The molecule has 2 aromatic carbocycles. The van der Waals surface area contributed by atoms with Crippen LogP contribution in [-0.2, 0) is 14.3 Å². The summed E-state index contributed by atoms with van der Waals surface area (Å²) in [6.45, 7) is 6.97. The summed E-state index contributed by atoms with van der Waals surface area (Å²) in [6, 6.07) is 12.6. The minimum Gasteiger partial charge on any atom is -0.502 e. The van der Waals surface area contributed by atoms with Crippen molar-refractivity contribution in [2.75, 3.05) is 18.1 Å². The maximum Gasteiger partial charge on any atom is 0.338 e. The standard InChI is InChI=1S/C25H27NO6/c1-4-5-14-31-25(30)18-6-10-19(11-7-18)26-23(28)21(22(27)24(26)29)17-8-12-20(13-9-17)32-15-16(2)3/h6-13,16,27H,4-5,14-15H2,1-3H3. The van der Waals surface area contributed by atoms with Gasteiger partial charge in [0.25, 0.3) is 5.91 Å². The van der Waals surface area contributed by atoms with E-state index >= 15 is 0 Å². The Kier molecular flexibility index (Phi) is 7.30. The van der Waals surface area contributed by atoms with Crippen LogP contribution in [0.4, 0.5) is 5.69 Å². The lowest BCUT2D eigenvalue weighted by Crippen LogP contribution is -2.31. The molecular formula is C25H27NO6. The first-order valence-electron chi connectivity index (χ1n) is 10.7. The van der Waals surface area contributed by atoms with E-state index in [9.17, 15) is 19.5 Å². The maximum absolute atomic E-state index is 13.0. The molecule has 0 aliphatic carbocycles. The molecule has 1 aliphatic rings. The van der Waals surface area contributed by atoms with Crippen molar-refractivity contribution in [1.82, 2.24) is 0 Å². The molecule has 2 amide bonds.